The molecule has 4 N–H and O–H groups in total. The monoisotopic (exact) mass is 285 g/mol. The first kappa shape index (κ1) is 13.8. The highest BCUT2D eigenvalue weighted by molar-refractivity contribution is 8.00. The number of hydrazine groups is 1. The smallest absolute Gasteiger partial charge is 0.191 e. The number of nitrogens with one attached hydrogen (secondary N) is 2. The fourth-order valence-electron chi connectivity index (χ4n) is 1.87. The van der Waals surface area contributed by atoms with Gasteiger partial charge in [0.1, 0.15) is 11.6 Å². The van der Waals surface area contributed by atoms with Crippen molar-refractivity contribution in [2.45, 2.75) is 29.7 Å². The largest absolute Gasteiger partial charge is 0.369 e. The molecule has 0 spiro atoms. The molecule has 1 atom stereocenters. The first-order chi connectivity index (χ1) is 8.81. The average molecular weight is 285 g/mol. The van der Waals surface area contributed by atoms with Gasteiger partial charge in [-0.15, -0.1) is 0 Å². The molecule has 5 nitrogen and oxygen atoms in total. The lowest BCUT2D eigenvalue weighted by Crippen LogP contribution is -2.21. The van der Waals surface area contributed by atoms with E-state index in [1.54, 1.807) is 0 Å². The number of hydrogen-bond donors (Lipinski definition) is 3. The van der Waals surface area contributed by atoms with E-state index in [0.717, 1.165) is 17.5 Å². The topological polar surface area (TPSA) is 75.9 Å². The Bertz CT molecular complexity index is 359. The summed E-state index contributed by atoms with van der Waals surface area (Å²) >= 11 is 3.56. The second-order valence-electron chi connectivity index (χ2n) is 4.14. The lowest BCUT2D eigenvalue weighted by molar-refractivity contribution is 0.676. The van der Waals surface area contributed by atoms with Crippen molar-refractivity contribution in [1.82, 2.24) is 9.97 Å². The maximum atomic E-state index is 5.40. The van der Waals surface area contributed by atoms with E-state index in [4.69, 9.17) is 5.84 Å². The Kier molecular flexibility index (Phi) is 5.40. The molecular weight excluding hydrogens is 266 g/mol. The third-order valence-corrected chi connectivity index (χ3v) is 4.77. The Labute approximate surface area is 116 Å². The Morgan fingerprint density at radius 1 is 1.44 bits per heavy atom. The predicted octanol–water partition coefficient (Wildman–Crippen LogP) is 2.18. The minimum atomic E-state index is 0.646. The van der Waals surface area contributed by atoms with Gasteiger partial charge >= 0.3 is 0 Å². The normalized spacial score (nSPS) is 19.6. The molecule has 2 rings (SSSR count). The summed E-state index contributed by atoms with van der Waals surface area (Å²) in [4.78, 5) is 8.66. The van der Waals surface area contributed by atoms with Crippen LogP contribution < -0.4 is 16.6 Å². The molecule has 1 aliphatic rings. The summed E-state index contributed by atoms with van der Waals surface area (Å²) in [7, 11) is 0. The van der Waals surface area contributed by atoms with Gasteiger partial charge in [0.25, 0.3) is 0 Å². The van der Waals surface area contributed by atoms with Crippen molar-refractivity contribution in [3.63, 3.8) is 0 Å². The lowest BCUT2D eigenvalue weighted by atomic mass is 10.2. The Morgan fingerprint density at radius 2 is 2.28 bits per heavy atom. The summed E-state index contributed by atoms with van der Waals surface area (Å²) in [5.74, 6) is 8.17. The van der Waals surface area contributed by atoms with E-state index in [-0.39, 0.29) is 0 Å². The molecule has 1 saturated heterocycles. The number of aromatic nitrogens is 2. The van der Waals surface area contributed by atoms with Gasteiger partial charge in [-0.2, -0.15) is 11.8 Å². The fraction of sp³-hybridized carbons (Fsp3) is 0.636. The molecule has 18 heavy (non-hydrogen) atoms. The van der Waals surface area contributed by atoms with Gasteiger partial charge in [0.05, 0.1) is 0 Å². The number of rotatable bonds is 5. The summed E-state index contributed by atoms with van der Waals surface area (Å²) in [6, 6.07) is 1.84. The lowest BCUT2D eigenvalue weighted by Gasteiger charge is -2.21. The molecule has 100 valence electrons. The molecule has 0 saturated carbocycles. The molecule has 0 radical (unpaired) electrons. The zero-order chi connectivity index (χ0) is 12.8. The second kappa shape index (κ2) is 7.06. The zero-order valence-electron chi connectivity index (χ0n) is 10.5. The number of nitrogens with zero attached hydrogens (tertiary/aromatic N) is 2. The molecule has 0 aromatic carbocycles. The molecule has 1 fully saturated rings. The van der Waals surface area contributed by atoms with Crippen LogP contribution in [0.3, 0.4) is 0 Å². The third kappa shape index (κ3) is 3.93. The van der Waals surface area contributed by atoms with Crippen LogP contribution in [0.5, 0.6) is 0 Å². The molecule has 0 amide bonds. The van der Waals surface area contributed by atoms with Gasteiger partial charge in [-0.3, -0.25) is 0 Å². The quantitative estimate of drug-likeness (QED) is 0.331. The van der Waals surface area contributed by atoms with Crippen molar-refractivity contribution < 1.29 is 0 Å². The molecule has 1 aliphatic heterocycles. The van der Waals surface area contributed by atoms with E-state index >= 15 is 0 Å². The molecule has 0 aliphatic carbocycles. The molecule has 0 bridgehead atoms. The summed E-state index contributed by atoms with van der Waals surface area (Å²) in [6.45, 7) is 0.958. The van der Waals surface area contributed by atoms with Crippen molar-refractivity contribution in [2.75, 3.05) is 29.3 Å². The molecular formula is C11H19N5S2. The molecule has 7 heteroatoms. The Morgan fingerprint density at radius 3 is 2.94 bits per heavy atom. The van der Waals surface area contributed by atoms with Crippen LogP contribution >= 0.6 is 23.5 Å². The van der Waals surface area contributed by atoms with Crippen molar-refractivity contribution in [1.29, 1.82) is 0 Å². The minimum absolute atomic E-state index is 0.646. The van der Waals surface area contributed by atoms with Gasteiger partial charge < -0.3 is 10.7 Å². The number of thioether (sulfide) groups is 2. The molecule has 1 aromatic rings. The van der Waals surface area contributed by atoms with Crippen molar-refractivity contribution in [2.24, 2.45) is 5.84 Å². The van der Waals surface area contributed by atoms with E-state index in [0.29, 0.717) is 11.1 Å². The predicted molar refractivity (Wildman–Crippen MR) is 80.2 cm³/mol. The number of anilines is 2. The first-order valence-corrected chi connectivity index (χ1v) is 8.34. The van der Waals surface area contributed by atoms with Crippen LogP contribution in [0.4, 0.5) is 11.6 Å². The maximum absolute atomic E-state index is 5.40. The average Bonchev–Trinajstić information content (AvgIpc) is 2.45. The van der Waals surface area contributed by atoms with Crippen LogP contribution in [-0.2, 0) is 0 Å². The minimum Gasteiger partial charge on any atom is -0.369 e. The van der Waals surface area contributed by atoms with E-state index in [9.17, 15) is 0 Å². The van der Waals surface area contributed by atoms with Crippen LogP contribution in [0, 0.1) is 0 Å². The number of hydrogen-bond acceptors (Lipinski definition) is 7. The standard InChI is InChI=1S/C11H19N5S2/c1-17-11-14-9(6-10(15-11)16-12)13-7-8-4-2-3-5-18-8/h6,8H,2-5,7,12H2,1H3,(H2,13,14,15,16). The fourth-order valence-corrected chi connectivity index (χ4v) is 3.49. The van der Waals surface area contributed by atoms with Crippen LogP contribution in [0.15, 0.2) is 11.2 Å². The van der Waals surface area contributed by atoms with Crippen LogP contribution in [0.1, 0.15) is 19.3 Å². The van der Waals surface area contributed by atoms with Crippen molar-refractivity contribution in [3.8, 4) is 0 Å². The summed E-state index contributed by atoms with van der Waals surface area (Å²) < 4.78 is 0. The highest BCUT2D eigenvalue weighted by atomic mass is 32.2. The van der Waals surface area contributed by atoms with E-state index < -0.39 is 0 Å². The number of nitrogens with two attached hydrogens (primary N) is 1. The summed E-state index contributed by atoms with van der Waals surface area (Å²) in [5.41, 5.74) is 2.57. The van der Waals surface area contributed by atoms with Gasteiger partial charge in [0.2, 0.25) is 0 Å². The van der Waals surface area contributed by atoms with Gasteiger partial charge in [0.15, 0.2) is 5.16 Å². The molecule has 2 heterocycles. The van der Waals surface area contributed by atoms with Gasteiger partial charge in [0, 0.05) is 17.9 Å². The van der Waals surface area contributed by atoms with Crippen LogP contribution in [-0.4, -0.2) is 33.8 Å². The Balaban J connectivity index is 1.94. The summed E-state index contributed by atoms with van der Waals surface area (Å²) in [6.07, 6.45) is 5.94. The maximum Gasteiger partial charge on any atom is 0.191 e. The van der Waals surface area contributed by atoms with Crippen LogP contribution in [0.25, 0.3) is 0 Å². The van der Waals surface area contributed by atoms with Gasteiger partial charge in [-0.1, -0.05) is 18.2 Å². The van der Waals surface area contributed by atoms with Crippen molar-refractivity contribution in [3.05, 3.63) is 6.07 Å². The second-order valence-corrected chi connectivity index (χ2v) is 6.32. The highest BCUT2D eigenvalue weighted by Crippen LogP contribution is 2.25. The highest BCUT2D eigenvalue weighted by Gasteiger charge is 2.14. The SMILES string of the molecule is CSc1nc(NN)cc(NCC2CCCCS2)n1. The van der Waals surface area contributed by atoms with Crippen LogP contribution in [0.2, 0.25) is 0 Å². The summed E-state index contributed by atoms with van der Waals surface area (Å²) in [5, 5.41) is 4.80. The Hall–Kier alpha value is -0.660. The first-order valence-electron chi connectivity index (χ1n) is 6.07. The third-order valence-electron chi connectivity index (χ3n) is 2.82. The number of nitrogen functional groups attached to an aromatic ring is 1. The van der Waals surface area contributed by atoms with Gasteiger partial charge in [-0.05, 0) is 24.9 Å². The molecule has 1 unspecified atom stereocenters. The van der Waals surface area contributed by atoms with Gasteiger partial charge in [-0.25, -0.2) is 15.8 Å². The van der Waals surface area contributed by atoms with E-state index in [2.05, 4.69) is 32.5 Å². The zero-order valence-corrected chi connectivity index (χ0v) is 12.1. The van der Waals surface area contributed by atoms with Crippen molar-refractivity contribution >= 4 is 35.2 Å². The van der Waals surface area contributed by atoms with E-state index in [1.807, 2.05) is 12.3 Å². The van der Waals surface area contributed by atoms with E-state index in [1.165, 1.54) is 36.8 Å². The molecule has 1 aromatic heterocycles.